The highest BCUT2D eigenvalue weighted by Crippen LogP contribution is 2.24. The number of thioether (sulfide) groups is 1. The number of hydrogen-bond donors (Lipinski definition) is 2. The van der Waals surface area contributed by atoms with E-state index in [-0.39, 0.29) is 17.3 Å². The Labute approximate surface area is 190 Å². The van der Waals surface area contributed by atoms with Gasteiger partial charge in [0.05, 0.1) is 17.1 Å². The molecule has 3 rings (SSSR count). The van der Waals surface area contributed by atoms with Crippen LogP contribution in [0.4, 0.5) is 20.6 Å². The summed E-state index contributed by atoms with van der Waals surface area (Å²) in [6.45, 7) is 7.14. The Morgan fingerprint density at radius 3 is 2.62 bits per heavy atom. The highest BCUT2D eigenvalue weighted by Gasteiger charge is 2.18. The molecule has 0 spiro atoms. The maximum Gasteiger partial charge on any atom is 0.412 e. The Morgan fingerprint density at radius 2 is 1.91 bits per heavy atom. The van der Waals surface area contributed by atoms with Gasteiger partial charge in [0.2, 0.25) is 5.91 Å². The van der Waals surface area contributed by atoms with Crippen molar-refractivity contribution in [2.75, 3.05) is 16.4 Å². The molecule has 0 atom stereocenters. The first-order valence-electron chi connectivity index (χ1n) is 9.94. The molecule has 168 valence electrons. The highest BCUT2D eigenvalue weighted by molar-refractivity contribution is 7.99. The van der Waals surface area contributed by atoms with Gasteiger partial charge in [-0.1, -0.05) is 30.0 Å². The van der Waals surface area contributed by atoms with E-state index >= 15 is 0 Å². The van der Waals surface area contributed by atoms with Gasteiger partial charge >= 0.3 is 6.09 Å². The smallest absolute Gasteiger partial charge is 0.412 e. The Kier molecular flexibility index (Phi) is 7.19. The number of hydrogen-bond acceptors (Lipinski definition) is 5. The van der Waals surface area contributed by atoms with Gasteiger partial charge in [0.15, 0.2) is 5.16 Å². The minimum absolute atomic E-state index is 0.0835. The summed E-state index contributed by atoms with van der Waals surface area (Å²) < 4.78 is 21.1. The van der Waals surface area contributed by atoms with Crippen LogP contribution in [-0.2, 0) is 9.53 Å². The summed E-state index contributed by atoms with van der Waals surface area (Å²) in [5, 5.41) is 5.75. The number of ether oxygens (including phenoxy) is 1. The molecule has 2 N–H and O–H groups in total. The van der Waals surface area contributed by atoms with Crippen LogP contribution in [0.15, 0.2) is 60.0 Å². The number of imidazole rings is 1. The summed E-state index contributed by atoms with van der Waals surface area (Å²) in [7, 11) is 0. The molecule has 0 aliphatic heterocycles. The monoisotopic (exact) mass is 456 g/mol. The van der Waals surface area contributed by atoms with Gasteiger partial charge in [0.25, 0.3) is 0 Å². The van der Waals surface area contributed by atoms with Crippen LogP contribution in [0.5, 0.6) is 0 Å². The minimum Gasteiger partial charge on any atom is -0.444 e. The van der Waals surface area contributed by atoms with Crippen LogP contribution in [0.25, 0.3) is 5.69 Å². The lowest BCUT2D eigenvalue weighted by atomic mass is 10.2. The highest BCUT2D eigenvalue weighted by atomic mass is 32.2. The first-order chi connectivity index (χ1) is 15.1. The number of halogens is 1. The fourth-order valence-electron chi connectivity index (χ4n) is 2.85. The van der Waals surface area contributed by atoms with Crippen molar-refractivity contribution in [2.24, 2.45) is 0 Å². The van der Waals surface area contributed by atoms with Crippen LogP contribution in [-0.4, -0.2) is 32.9 Å². The van der Waals surface area contributed by atoms with Crippen molar-refractivity contribution in [1.29, 1.82) is 0 Å². The maximum atomic E-state index is 14.1. The maximum absolute atomic E-state index is 14.1. The molecule has 0 aliphatic carbocycles. The molecule has 0 unspecified atom stereocenters. The zero-order chi connectivity index (χ0) is 23.3. The number of nitrogens with zero attached hydrogens (tertiary/aromatic N) is 2. The quantitative estimate of drug-likeness (QED) is 0.485. The molecule has 0 bridgehead atoms. The Balaban J connectivity index is 1.62. The number of aryl methyl sites for hydroxylation is 1. The van der Waals surface area contributed by atoms with Gasteiger partial charge in [-0.15, -0.1) is 0 Å². The second-order valence-corrected chi connectivity index (χ2v) is 8.97. The Bertz CT molecular complexity index is 1120. The zero-order valence-corrected chi connectivity index (χ0v) is 19.1. The number of benzene rings is 2. The minimum atomic E-state index is -0.779. The summed E-state index contributed by atoms with van der Waals surface area (Å²) >= 11 is 1.28. The number of anilines is 2. The summed E-state index contributed by atoms with van der Waals surface area (Å²) in [6.07, 6.45) is 2.75. The summed E-state index contributed by atoms with van der Waals surface area (Å²) in [4.78, 5) is 28.7. The van der Waals surface area contributed by atoms with E-state index in [0.29, 0.717) is 10.8 Å². The molecule has 0 fully saturated rings. The molecule has 7 nitrogen and oxygen atoms in total. The van der Waals surface area contributed by atoms with E-state index in [9.17, 15) is 14.0 Å². The van der Waals surface area contributed by atoms with Crippen LogP contribution in [0, 0.1) is 12.7 Å². The second kappa shape index (κ2) is 9.86. The molecule has 2 amide bonds. The summed E-state index contributed by atoms with van der Waals surface area (Å²) in [5.41, 5.74) is 1.63. The van der Waals surface area contributed by atoms with E-state index in [4.69, 9.17) is 4.74 Å². The van der Waals surface area contributed by atoms with Gasteiger partial charge in [-0.25, -0.2) is 14.2 Å². The first kappa shape index (κ1) is 23.3. The van der Waals surface area contributed by atoms with Gasteiger partial charge in [0.1, 0.15) is 11.4 Å². The lowest BCUT2D eigenvalue weighted by molar-refractivity contribution is -0.113. The zero-order valence-electron chi connectivity index (χ0n) is 18.3. The van der Waals surface area contributed by atoms with Gasteiger partial charge in [0, 0.05) is 18.1 Å². The van der Waals surface area contributed by atoms with Crippen LogP contribution in [0.3, 0.4) is 0 Å². The van der Waals surface area contributed by atoms with Crippen LogP contribution in [0.1, 0.15) is 26.3 Å². The molecule has 0 saturated carbocycles. The van der Waals surface area contributed by atoms with Gasteiger partial charge in [-0.3, -0.25) is 14.7 Å². The number of rotatable bonds is 6. The van der Waals surface area contributed by atoms with E-state index in [1.807, 2.05) is 42.0 Å². The number of carbonyl (C=O) groups is 2. The third-order valence-corrected chi connectivity index (χ3v) is 5.17. The number of nitrogens with one attached hydrogen (secondary N) is 2. The summed E-state index contributed by atoms with van der Waals surface area (Å²) in [6, 6.07) is 11.8. The molecule has 1 aromatic heterocycles. The number of para-hydroxylation sites is 1. The normalized spacial score (nSPS) is 11.2. The van der Waals surface area contributed by atoms with E-state index in [0.717, 1.165) is 11.3 Å². The molecule has 0 saturated heterocycles. The van der Waals surface area contributed by atoms with Crippen molar-refractivity contribution in [3.05, 3.63) is 66.2 Å². The molecule has 3 aromatic rings. The molecule has 1 heterocycles. The Morgan fingerprint density at radius 1 is 1.16 bits per heavy atom. The number of amides is 2. The molecular weight excluding hydrogens is 431 g/mol. The van der Waals surface area contributed by atoms with E-state index < -0.39 is 17.5 Å². The predicted octanol–water partition coefficient (Wildman–Crippen LogP) is 5.40. The third-order valence-electron chi connectivity index (χ3n) is 4.20. The lowest BCUT2D eigenvalue weighted by Crippen LogP contribution is -2.27. The predicted molar refractivity (Wildman–Crippen MR) is 124 cm³/mol. The van der Waals surface area contributed by atoms with Crippen molar-refractivity contribution < 1.29 is 18.7 Å². The molecule has 0 radical (unpaired) electrons. The average Bonchev–Trinajstić information content (AvgIpc) is 3.16. The molecule has 2 aromatic carbocycles. The molecule has 9 heteroatoms. The molecular formula is C23H25FN4O3S. The molecule has 32 heavy (non-hydrogen) atoms. The van der Waals surface area contributed by atoms with Gasteiger partial charge < -0.3 is 10.1 Å². The largest absolute Gasteiger partial charge is 0.444 e. The number of carbonyl (C=O) groups excluding carboxylic acids is 2. The van der Waals surface area contributed by atoms with Crippen molar-refractivity contribution >= 4 is 35.1 Å². The van der Waals surface area contributed by atoms with Crippen molar-refractivity contribution in [2.45, 2.75) is 38.5 Å². The third kappa shape index (κ3) is 6.34. The van der Waals surface area contributed by atoms with Crippen molar-refractivity contribution in [1.82, 2.24) is 9.55 Å². The van der Waals surface area contributed by atoms with Gasteiger partial charge in [-0.2, -0.15) is 0 Å². The average molecular weight is 457 g/mol. The van der Waals surface area contributed by atoms with Crippen LogP contribution < -0.4 is 10.6 Å². The first-order valence-corrected chi connectivity index (χ1v) is 10.9. The van der Waals surface area contributed by atoms with Gasteiger partial charge in [-0.05, 0) is 57.5 Å². The van der Waals surface area contributed by atoms with Crippen LogP contribution >= 0.6 is 11.8 Å². The number of aromatic nitrogens is 2. The standard InChI is InChI=1S/C23H25FN4O3S/c1-15-7-5-6-8-19(15)28-12-11-25-21(28)32-14-20(29)26-16-9-10-17(24)18(13-16)27-22(30)31-23(2,3)4/h5-13H,14H2,1-4H3,(H,26,29)(H,27,30). The Hall–Kier alpha value is -3.33. The fraction of sp³-hybridized carbons (Fsp3) is 0.261. The summed E-state index contributed by atoms with van der Waals surface area (Å²) in [5.74, 6) is -0.817. The van der Waals surface area contributed by atoms with Crippen LogP contribution in [0.2, 0.25) is 0 Å². The fourth-order valence-corrected chi connectivity index (χ4v) is 3.62. The second-order valence-electron chi connectivity index (χ2n) is 8.02. The van der Waals surface area contributed by atoms with Crippen molar-refractivity contribution in [3.8, 4) is 5.69 Å². The lowest BCUT2D eigenvalue weighted by Gasteiger charge is -2.20. The SMILES string of the molecule is Cc1ccccc1-n1ccnc1SCC(=O)Nc1ccc(F)c(NC(=O)OC(C)(C)C)c1. The van der Waals surface area contributed by atoms with E-state index in [2.05, 4.69) is 15.6 Å². The topological polar surface area (TPSA) is 85.3 Å². The van der Waals surface area contributed by atoms with E-state index in [1.165, 1.54) is 30.0 Å². The molecule has 0 aliphatic rings. The van der Waals surface area contributed by atoms with Crippen molar-refractivity contribution in [3.63, 3.8) is 0 Å². The van der Waals surface area contributed by atoms with E-state index in [1.54, 1.807) is 27.0 Å².